The Balaban J connectivity index is 2.16. The maximum absolute atomic E-state index is 11.6. The highest BCUT2D eigenvalue weighted by atomic mass is 16.1. The summed E-state index contributed by atoms with van der Waals surface area (Å²) >= 11 is 0. The lowest BCUT2D eigenvalue weighted by molar-refractivity contribution is -0.121. The Kier molecular flexibility index (Phi) is 7.15. The van der Waals surface area contributed by atoms with Gasteiger partial charge >= 0.3 is 0 Å². The van der Waals surface area contributed by atoms with Crippen LogP contribution >= 0.6 is 0 Å². The fourth-order valence-corrected chi connectivity index (χ4v) is 1.84. The van der Waals surface area contributed by atoms with Gasteiger partial charge in [0.25, 0.3) is 0 Å². The first-order valence-electron chi connectivity index (χ1n) is 6.79. The van der Waals surface area contributed by atoms with Crippen molar-refractivity contribution in [2.24, 2.45) is 5.73 Å². The van der Waals surface area contributed by atoms with E-state index in [1.54, 1.807) is 0 Å². The minimum absolute atomic E-state index is 0.0435. The third-order valence-corrected chi connectivity index (χ3v) is 2.96. The zero-order chi connectivity index (χ0) is 14.1. The fourth-order valence-electron chi connectivity index (χ4n) is 1.84. The number of nitrogens with zero attached hydrogens (tertiary/aromatic N) is 1. The van der Waals surface area contributed by atoms with Crippen LogP contribution in [-0.4, -0.2) is 44.0 Å². The molecular weight excluding hydrogens is 238 g/mol. The molecule has 0 aliphatic carbocycles. The van der Waals surface area contributed by atoms with Crippen molar-refractivity contribution in [2.75, 3.05) is 27.2 Å². The summed E-state index contributed by atoms with van der Waals surface area (Å²) in [4.78, 5) is 13.6. The van der Waals surface area contributed by atoms with Crippen molar-refractivity contribution in [2.45, 2.75) is 25.3 Å². The standard InChI is InChI=1S/C15H25N3O/c1-18(2)11-10-17-15(19)9-8-14(16)12-13-6-4-3-5-7-13/h3-7,14H,8-12,16H2,1-2H3,(H,17,19)/t14-/m0/s1. The van der Waals surface area contributed by atoms with Crippen molar-refractivity contribution in [3.05, 3.63) is 35.9 Å². The molecule has 0 unspecified atom stereocenters. The third kappa shape index (κ3) is 7.59. The smallest absolute Gasteiger partial charge is 0.220 e. The average Bonchev–Trinajstić information content (AvgIpc) is 2.37. The van der Waals surface area contributed by atoms with Gasteiger partial charge in [0.2, 0.25) is 5.91 Å². The SMILES string of the molecule is CN(C)CCNC(=O)CC[C@H](N)Cc1ccccc1. The van der Waals surface area contributed by atoms with Gasteiger partial charge in [-0.2, -0.15) is 0 Å². The Morgan fingerprint density at radius 1 is 1.32 bits per heavy atom. The van der Waals surface area contributed by atoms with Gasteiger partial charge in [-0.3, -0.25) is 4.79 Å². The van der Waals surface area contributed by atoms with Crippen molar-refractivity contribution in [1.29, 1.82) is 0 Å². The van der Waals surface area contributed by atoms with Crippen LogP contribution in [0.25, 0.3) is 0 Å². The van der Waals surface area contributed by atoms with Crippen LogP contribution in [0.1, 0.15) is 18.4 Å². The number of nitrogens with one attached hydrogen (secondary N) is 1. The predicted octanol–water partition coefficient (Wildman–Crippen LogP) is 1.01. The van der Waals surface area contributed by atoms with Crippen molar-refractivity contribution in [3.63, 3.8) is 0 Å². The summed E-state index contributed by atoms with van der Waals surface area (Å²) in [5.41, 5.74) is 7.27. The number of benzene rings is 1. The molecule has 0 aromatic heterocycles. The second-order valence-electron chi connectivity index (χ2n) is 5.14. The fraction of sp³-hybridized carbons (Fsp3) is 0.533. The van der Waals surface area contributed by atoms with Crippen LogP contribution in [0, 0.1) is 0 Å². The first-order chi connectivity index (χ1) is 9.08. The molecule has 4 nitrogen and oxygen atoms in total. The molecule has 106 valence electrons. The summed E-state index contributed by atoms with van der Waals surface area (Å²) in [6, 6.07) is 10.2. The summed E-state index contributed by atoms with van der Waals surface area (Å²) in [7, 11) is 3.98. The van der Waals surface area contributed by atoms with Crippen LogP contribution in [0.4, 0.5) is 0 Å². The molecule has 0 fully saturated rings. The molecule has 1 aromatic carbocycles. The summed E-state index contributed by atoms with van der Waals surface area (Å²) in [5.74, 6) is 0.0883. The van der Waals surface area contributed by atoms with Gasteiger partial charge in [0, 0.05) is 25.6 Å². The van der Waals surface area contributed by atoms with E-state index >= 15 is 0 Å². The molecule has 0 aliphatic rings. The minimum Gasteiger partial charge on any atom is -0.355 e. The maximum atomic E-state index is 11.6. The molecule has 1 amide bonds. The second-order valence-corrected chi connectivity index (χ2v) is 5.14. The summed E-state index contributed by atoms with van der Waals surface area (Å²) in [5, 5.41) is 2.90. The number of likely N-dealkylation sites (N-methyl/N-ethyl adjacent to an activating group) is 1. The summed E-state index contributed by atoms with van der Waals surface area (Å²) in [6.07, 6.45) is 2.05. The molecule has 0 radical (unpaired) electrons. The highest BCUT2D eigenvalue weighted by Crippen LogP contribution is 2.05. The molecule has 0 saturated heterocycles. The predicted molar refractivity (Wildman–Crippen MR) is 78.9 cm³/mol. The lowest BCUT2D eigenvalue weighted by atomic mass is 10.0. The van der Waals surface area contributed by atoms with Crippen LogP contribution in [0.15, 0.2) is 30.3 Å². The molecule has 0 spiro atoms. The quantitative estimate of drug-likeness (QED) is 0.736. The van der Waals surface area contributed by atoms with E-state index in [-0.39, 0.29) is 11.9 Å². The lowest BCUT2D eigenvalue weighted by Gasteiger charge is -2.13. The van der Waals surface area contributed by atoms with E-state index in [1.807, 2.05) is 37.2 Å². The largest absolute Gasteiger partial charge is 0.355 e. The van der Waals surface area contributed by atoms with Crippen molar-refractivity contribution in [3.8, 4) is 0 Å². The molecule has 1 aromatic rings. The number of amides is 1. The number of nitrogens with two attached hydrogens (primary N) is 1. The van der Waals surface area contributed by atoms with Crippen LogP contribution in [0.5, 0.6) is 0 Å². The van der Waals surface area contributed by atoms with Gasteiger partial charge in [-0.05, 0) is 32.5 Å². The zero-order valence-corrected chi connectivity index (χ0v) is 11.9. The van der Waals surface area contributed by atoms with Gasteiger partial charge < -0.3 is 16.0 Å². The average molecular weight is 263 g/mol. The summed E-state index contributed by atoms with van der Waals surface area (Å²) in [6.45, 7) is 1.56. The number of hydrogen-bond acceptors (Lipinski definition) is 3. The van der Waals surface area contributed by atoms with Gasteiger partial charge in [0.15, 0.2) is 0 Å². The molecular formula is C15H25N3O. The first-order valence-corrected chi connectivity index (χ1v) is 6.79. The van der Waals surface area contributed by atoms with E-state index in [0.717, 1.165) is 19.4 Å². The normalized spacial score (nSPS) is 12.4. The van der Waals surface area contributed by atoms with Crippen LogP contribution in [-0.2, 0) is 11.2 Å². The molecule has 19 heavy (non-hydrogen) atoms. The van der Waals surface area contributed by atoms with Gasteiger partial charge in [-0.1, -0.05) is 30.3 Å². The Morgan fingerprint density at radius 2 is 2.00 bits per heavy atom. The number of carbonyl (C=O) groups excluding carboxylic acids is 1. The van der Waals surface area contributed by atoms with E-state index < -0.39 is 0 Å². The number of hydrogen-bond donors (Lipinski definition) is 2. The molecule has 0 aliphatic heterocycles. The Hall–Kier alpha value is -1.39. The molecule has 4 heteroatoms. The Bertz CT molecular complexity index is 365. The van der Waals surface area contributed by atoms with Crippen molar-refractivity contribution in [1.82, 2.24) is 10.2 Å². The van der Waals surface area contributed by atoms with Gasteiger partial charge in [0.05, 0.1) is 0 Å². The van der Waals surface area contributed by atoms with E-state index in [4.69, 9.17) is 5.73 Å². The zero-order valence-electron chi connectivity index (χ0n) is 11.9. The Labute approximate surface area is 116 Å². The molecule has 3 N–H and O–H groups in total. The Morgan fingerprint density at radius 3 is 2.63 bits per heavy atom. The monoisotopic (exact) mass is 263 g/mol. The van der Waals surface area contributed by atoms with E-state index in [0.29, 0.717) is 13.0 Å². The number of carbonyl (C=O) groups is 1. The van der Waals surface area contributed by atoms with E-state index in [9.17, 15) is 4.79 Å². The van der Waals surface area contributed by atoms with Crippen LogP contribution in [0.3, 0.4) is 0 Å². The van der Waals surface area contributed by atoms with Gasteiger partial charge in [-0.25, -0.2) is 0 Å². The third-order valence-electron chi connectivity index (χ3n) is 2.96. The van der Waals surface area contributed by atoms with E-state index in [2.05, 4.69) is 17.4 Å². The maximum Gasteiger partial charge on any atom is 0.220 e. The molecule has 1 atom stereocenters. The number of rotatable bonds is 8. The molecule has 0 bridgehead atoms. The first kappa shape index (κ1) is 15.7. The minimum atomic E-state index is 0.0435. The molecule has 0 heterocycles. The van der Waals surface area contributed by atoms with E-state index in [1.165, 1.54) is 5.56 Å². The highest BCUT2D eigenvalue weighted by molar-refractivity contribution is 5.75. The second kappa shape index (κ2) is 8.67. The summed E-state index contributed by atoms with van der Waals surface area (Å²) < 4.78 is 0. The van der Waals surface area contributed by atoms with Crippen LogP contribution in [0.2, 0.25) is 0 Å². The topological polar surface area (TPSA) is 58.4 Å². The lowest BCUT2D eigenvalue weighted by Crippen LogP contribution is -2.32. The van der Waals surface area contributed by atoms with Gasteiger partial charge in [0.1, 0.15) is 0 Å². The van der Waals surface area contributed by atoms with Crippen molar-refractivity contribution >= 4 is 5.91 Å². The molecule has 0 saturated carbocycles. The van der Waals surface area contributed by atoms with Crippen LogP contribution < -0.4 is 11.1 Å². The van der Waals surface area contributed by atoms with Crippen molar-refractivity contribution < 1.29 is 4.79 Å². The molecule has 1 rings (SSSR count). The highest BCUT2D eigenvalue weighted by Gasteiger charge is 2.07. The van der Waals surface area contributed by atoms with Gasteiger partial charge in [-0.15, -0.1) is 0 Å².